The minimum atomic E-state index is 0.322. The van der Waals surface area contributed by atoms with Gasteiger partial charge in [-0.25, -0.2) is 0 Å². The summed E-state index contributed by atoms with van der Waals surface area (Å²) in [5.41, 5.74) is 0. The molecule has 1 nitrogen and oxygen atoms in total. The number of para-hydroxylation sites is 1. The molecular weight excluding hydrogens is 148 g/mol. The SMILES string of the molecule is C=CC=CC.Oc1ccccc1. The summed E-state index contributed by atoms with van der Waals surface area (Å²) in [6, 6.07) is 8.71. The second-order valence-corrected chi connectivity index (χ2v) is 2.10. The number of allylic oxidation sites excluding steroid dienone is 3. The molecule has 0 radical (unpaired) electrons. The predicted molar refractivity (Wildman–Crippen MR) is 53.1 cm³/mol. The van der Waals surface area contributed by atoms with E-state index in [1.165, 1.54) is 0 Å². The van der Waals surface area contributed by atoms with Crippen molar-refractivity contribution in [2.75, 3.05) is 0 Å². The fourth-order valence-electron chi connectivity index (χ4n) is 0.564. The van der Waals surface area contributed by atoms with E-state index in [4.69, 9.17) is 5.11 Å². The average molecular weight is 162 g/mol. The maximum absolute atomic E-state index is 8.63. The third-order valence-electron chi connectivity index (χ3n) is 1.08. The molecule has 0 bridgehead atoms. The quantitative estimate of drug-likeness (QED) is 0.629. The number of phenolic OH excluding ortho intramolecular Hbond substituents is 1. The first kappa shape index (κ1) is 10.5. The Kier molecular flexibility index (Phi) is 6.65. The van der Waals surface area contributed by atoms with Crippen LogP contribution in [0, 0.1) is 0 Å². The number of benzene rings is 1. The normalized spacial score (nSPS) is 8.75. The highest BCUT2D eigenvalue weighted by Gasteiger charge is 1.74. The van der Waals surface area contributed by atoms with Crippen molar-refractivity contribution >= 4 is 0 Å². The van der Waals surface area contributed by atoms with E-state index in [0.29, 0.717) is 5.75 Å². The highest BCUT2D eigenvalue weighted by atomic mass is 16.3. The summed E-state index contributed by atoms with van der Waals surface area (Å²) in [7, 11) is 0. The molecule has 0 aliphatic rings. The van der Waals surface area contributed by atoms with E-state index in [0.717, 1.165) is 0 Å². The first-order valence-electron chi connectivity index (χ1n) is 3.79. The molecule has 1 aromatic rings. The minimum absolute atomic E-state index is 0.322. The van der Waals surface area contributed by atoms with Crippen molar-refractivity contribution in [3.63, 3.8) is 0 Å². The van der Waals surface area contributed by atoms with E-state index < -0.39 is 0 Å². The molecule has 0 amide bonds. The second-order valence-electron chi connectivity index (χ2n) is 2.10. The maximum Gasteiger partial charge on any atom is 0.115 e. The summed E-state index contributed by atoms with van der Waals surface area (Å²) in [6.45, 7) is 5.42. The van der Waals surface area contributed by atoms with E-state index in [-0.39, 0.29) is 0 Å². The summed E-state index contributed by atoms with van der Waals surface area (Å²) in [5.74, 6) is 0.322. The van der Waals surface area contributed by atoms with Gasteiger partial charge >= 0.3 is 0 Å². The summed E-state index contributed by atoms with van der Waals surface area (Å²) in [4.78, 5) is 0. The molecule has 1 N–H and O–H groups in total. The zero-order valence-electron chi connectivity index (χ0n) is 7.27. The molecule has 0 fully saturated rings. The van der Waals surface area contributed by atoms with E-state index >= 15 is 0 Å². The monoisotopic (exact) mass is 162 g/mol. The first-order chi connectivity index (χ1) is 5.81. The van der Waals surface area contributed by atoms with Crippen LogP contribution in [0.15, 0.2) is 55.1 Å². The third kappa shape index (κ3) is 6.62. The molecule has 0 heterocycles. The van der Waals surface area contributed by atoms with Crippen LogP contribution in [0.2, 0.25) is 0 Å². The Balaban J connectivity index is 0.000000217. The molecule has 0 spiro atoms. The van der Waals surface area contributed by atoms with Gasteiger partial charge in [0.15, 0.2) is 0 Å². The van der Waals surface area contributed by atoms with Crippen LogP contribution in [0.25, 0.3) is 0 Å². The van der Waals surface area contributed by atoms with Gasteiger partial charge in [-0.2, -0.15) is 0 Å². The van der Waals surface area contributed by atoms with Gasteiger partial charge in [0.1, 0.15) is 5.75 Å². The molecule has 0 saturated carbocycles. The molecule has 0 aliphatic heterocycles. The second kappa shape index (κ2) is 7.61. The van der Waals surface area contributed by atoms with Gasteiger partial charge in [-0.15, -0.1) is 0 Å². The summed E-state index contributed by atoms with van der Waals surface area (Å²) >= 11 is 0. The molecule has 0 atom stereocenters. The van der Waals surface area contributed by atoms with Gasteiger partial charge < -0.3 is 5.11 Å². The smallest absolute Gasteiger partial charge is 0.115 e. The molecule has 0 unspecified atom stereocenters. The van der Waals surface area contributed by atoms with Gasteiger partial charge in [0.25, 0.3) is 0 Å². The first-order valence-corrected chi connectivity index (χ1v) is 3.79. The summed E-state index contributed by atoms with van der Waals surface area (Å²) < 4.78 is 0. The molecule has 64 valence electrons. The molecule has 0 saturated heterocycles. The summed E-state index contributed by atoms with van der Waals surface area (Å²) in [6.07, 6.45) is 5.58. The summed E-state index contributed by atoms with van der Waals surface area (Å²) in [5, 5.41) is 8.63. The molecule has 1 heteroatoms. The number of rotatable bonds is 1. The van der Waals surface area contributed by atoms with Crippen LogP contribution >= 0.6 is 0 Å². The van der Waals surface area contributed by atoms with Gasteiger partial charge in [0.2, 0.25) is 0 Å². The van der Waals surface area contributed by atoms with E-state index in [2.05, 4.69) is 6.58 Å². The fourth-order valence-corrected chi connectivity index (χ4v) is 0.564. The largest absolute Gasteiger partial charge is 0.508 e. The molecule has 0 aromatic heterocycles. The van der Waals surface area contributed by atoms with Gasteiger partial charge in [-0.1, -0.05) is 43.0 Å². The highest BCUT2D eigenvalue weighted by Crippen LogP contribution is 2.02. The average Bonchev–Trinajstić information content (AvgIpc) is 2.08. The van der Waals surface area contributed by atoms with Crippen molar-refractivity contribution in [1.29, 1.82) is 0 Å². The van der Waals surface area contributed by atoms with Crippen LogP contribution in [0.3, 0.4) is 0 Å². The molecule has 0 aliphatic carbocycles. The lowest BCUT2D eigenvalue weighted by Gasteiger charge is -1.82. The standard InChI is InChI=1S/C6H6O.C5H8/c7-6-4-2-1-3-5-6;1-3-5-4-2/h1-5,7H;3-5H,1H2,2H3. The third-order valence-corrected chi connectivity index (χ3v) is 1.08. The number of phenols is 1. The number of aromatic hydroxyl groups is 1. The van der Waals surface area contributed by atoms with Crippen molar-refractivity contribution in [3.05, 3.63) is 55.1 Å². The van der Waals surface area contributed by atoms with Gasteiger partial charge in [-0.3, -0.25) is 0 Å². The van der Waals surface area contributed by atoms with E-state index in [1.807, 2.05) is 25.1 Å². The molecule has 1 rings (SSSR count). The Labute approximate surface area is 73.7 Å². The predicted octanol–water partition coefficient (Wildman–Crippen LogP) is 3.14. The van der Waals surface area contributed by atoms with Crippen molar-refractivity contribution in [2.45, 2.75) is 6.92 Å². The Hall–Kier alpha value is -1.50. The minimum Gasteiger partial charge on any atom is -0.508 e. The van der Waals surface area contributed by atoms with Gasteiger partial charge in [0, 0.05) is 0 Å². The van der Waals surface area contributed by atoms with Crippen LogP contribution in [0.4, 0.5) is 0 Å². The topological polar surface area (TPSA) is 20.2 Å². The van der Waals surface area contributed by atoms with Crippen molar-refractivity contribution in [2.24, 2.45) is 0 Å². The molecular formula is C11H14O. The van der Waals surface area contributed by atoms with E-state index in [9.17, 15) is 0 Å². The van der Waals surface area contributed by atoms with Crippen molar-refractivity contribution < 1.29 is 5.11 Å². The van der Waals surface area contributed by atoms with Gasteiger partial charge in [-0.05, 0) is 19.1 Å². The van der Waals surface area contributed by atoms with E-state index in [1.54, 1.807) is 30.3 Å². The molecule has 12 heavy (non-hydrogen) atoms. The number of hydrogen-bond donors (Lipinski definition) is 1. The fraction of sp³-hybridized carbons (Fsp3) is 0.0909. The zero-order valence-corrected chi connectivity index (χ0v) is 7.27. The Bertz CT molecular complexity index is 224. The van der Waals surface area contributed by atoms with Crippen LogP contribution in [0.5, 0.6) is 5.75 Å². The maximum atomic E-state index is 8.63. The Morgan fingerprint density at radius 3 is 2.00 bits per heavy atom. The van der Waals surface area contributed by atoms with Crippen LogP contribution in [-0.2, 0) is 0 Å². The lowest BCUT2D eigenvalue weighted by Crippen LogP contribution is -1.56. The molecule has 1 aromatic carbocycles. The Morgan fingerprint density at radius 2 is 1.83 bits per heavy atom. The lowest BCUT2D eigenvalue weighted by atomic mass is 10.3. The lowest BCUT2D eigenvalue weighted by molar-refractivity contribution is 0.475. The number of hydrogen-bond acceptors (Lipinski definition) is 1. The van der Waals surface area contributed by atoms with Gasteiger partial charge in [0.05, 0.1) is 0 Å². The van der Waals surface area contributed by atoms with Crippen molar-refractivity contribution in [3.8, 4) is 5.75 Å². The van der Waals surface area contributed by atoms with Crippen LogP contribution in [-0.4, -0.2) is 5.11 Å². The van der Waals surface area contributed by atoms with Crippen LogP contribution in [0.1, 0.15) is 6.92 Å². The Morgan fingerprint density at radius 1 is 1.25 bits per heavy atom. The van der Waals surface area contributed by atoms with Crippen LogP contribution < -0.4 is 0 Å². The highest BCUT2D eigenvalue weighted by molar-refractivity contribution is 5.18. The van der Waals surface area contributed by atoms with Crippen molar-refractivity contribution in [1.82, 2.24) is 0 Å². The zero-order chi connectivity index (χ0) is 9.23.